The topological polar surface area (TPSA) is 41.3 Å². The van der Waals surface area contributed by atoms with Gasteiger partial charge in [0.2, 0.25) is 0 Å². The predicted molar refractivity (Wildman–Crippen MR) is 70.0 cm³/mol. The molecule has 1 N–H and O–H groups in total. The summed E-state index contributed by atoms with van der Waals surface area (Å²) in [6.45, 7) is 12.3. The van der Waals surface area contributed by atoms with Crippen LogP contribution in [0.15, 0.2) is 0 Å². The van der Waals surface area contributed by atoms with Crippen molar-refractivity contribution in [2.24, 2.45) is 0 Å². The van der Waals surface area contributed by atoms with E-state index in [0.717, 1.165) is 38.3 Å². The average Bonchev–Trinajstić information content (AvgIpc) is 2.56. The highest BCUT2D eigenvalue weighted by molar-refractivity contribution is 5.24. The van der Waals surface area contributed by atoms with Gasteiger partial charge >= 0.3 is 0 Å². The first-order valence-electron chi connectivity index (χ1n) is 6.50. The van der Waals surface area contributed by atoms with Crippen LogP contribution in [0, 0.1) is 13.8 Å². The highest BCUT2D eigenvalue weighted by Gasteiger charge is 2.13. The molecule has 0 atom stereocenters. The Hall–Kier alpha value is -0.870. The number of aliphatic hydroxyl groups excluding tert-OH is 1. The maximum Gasteiger partial charge on any atom is 0.0641 e. The van der Waals surface area contributed by atoms with E-state index < -0.39 is 0 Å². The lowest BCUT2D eigenvalue weighted by Gasteiger charge is -2.19. The molecule has 0 aromatic carbocycles. The summed E-state index contributed by atoms with van der Waals surface area (Å²) in [5.41, 5.74) is 3.70. The number of rotatable bonds is 7. The van der Waals surface area contributed by atoms with Crippen molar-refractivity contribution in [3.05, 3.63) is 17.0 Å². The Morgan fingerprint density at radius 2 is 2.00 bits per heavy atom. The molecule has 4 nitrogen and oxygen atoms in total. The average molecular weight is 239 g/mol. The van der Waals surface area contributed by atoms with Gasteiger partial charge in [0, 0.05) is 30.9 Å². The van der Waals surface area contributed by atoms with Gasteiger partial charge in [0.1, 0.15) is 0 Å². The molecular weight excluding hydrogens is 214 g/mol. The Morgan fingerprint density at radius 3 is 2.53 bits per heavy atom. The molecular formula is C13H25N3O. The summed E-state index contributed by atoms with van der Waals surface area (Å²) in [6, 6.07) is 0. The molecule has 0 bridgehead atoms. The molecule has 17 heavy (non-hydrogen) atoms. The number of hydrogen-bond acceptors (Lipinski definition) is 3. The van der Waals surface area contributed by atoms with E-state index in [1.807, 2.05) is 0 Å². The van der Waals surface area contributed by atoms with E-state index in [-0.39, 0.29) is 6.61 Å². The molecule has 0 spiro atoms. The Morgan fingerprint density at radius 1 is 1.29 bits per heavy atom. The van der Waals surface area contributed by atoms with Crippen molar-refractivity contribution in [2.45, 2.75) is 47.2 Å². The van der Waals surface area contributed by atoms with Crippen molar-refractivity contribution in [3.63, 3.8) is 0 Å². The molecule has 98 valence electrons. The third-order valence-corrected chi connectivity index (χ3v) is 3.21. The van der Waals surface area contributed by atoms with E-state index in [9.17, 15) is 0 Å². The standard InChI is InChI=1S/C13H25N3O/c1-5-7-16-12(4)13(11(3)14-16)10-15(6-2)8-9-17/h17H,5-10H2,1-4H3. The first-order valence-corrected chi connectivity index (χ1v) is 6.50. The van der Waals surface area contributed by atoms with E-state index in [4.69, 9.17) is 5.11 Å². The van der Waals surface area contributed by atoms with Gasteiger partial charge in [0.25, 0.3) is 0 Å². The molecule has 0 amide bonds. The van der Waals surface area contributed by atoms with Crippen LogP contribution in [0.25, 0.3) is 0 Å². The Labute approximate surface area is 104 Å². The van der Waals surface area contributed by atoms with Crippen molar-refractivity contribution >= 4 is 0 Å². The first kappa shape index (κ1) is 14.2. The quantitative estimate of drug-likeness (QED) is 0.788. The van der Waals surface area contributed by atoms with Gasteiger partial charge in [0.05, 0.1) is 12.3 Å². The van der Waals surface area contributed by atoms with Gasteiger partial charge in [0.15, 0.2) is 0 Å². The van der Waals surface area contributed by atoms with Gasteiger partial charge in [-0.15, -0.1) is 0 Å². The summed E-state index contributed by atoms with van der Waals surface area (Å²) in [4.78, 5) is 2.24. The number of nitrogens with zero attached hydrogens (tertiary/aromatic N) is 3. The fourth-order valence-corrected chi connectivity index (χ4v) is 2.11. The molecule has 1 rings (SSSR count). The predicted octanol–water partition coefficient (Wildman–Crippen LogP) is 1.72. The second-order valence-electron chi connectivity index (χ2n) is 4.46. The van der Waals surface area contributed by atoms with E-state index in [1.54, 1.807) is 0 Å². The van der Waals surface area contributed by atoms with Gasteiger partial charge in [-0.1, -0.05) is 13.8 Å². The summed E-state index contributed by atoms with van der Waals surface area (Å²) in [5.74, 6) is 0. The minimum absolute atomic E-state index is 0.217. The van der Waals surface area contributed by atoms with Crippen LogP contribution in [0.2, 0.25) is 0 Å². The Kier molecular flexibility index (Phi) is 5.65. The lowest BCUT2D eigenvalue weighted by Crippen LogP contribution is -2.26. The number of likely N-dealkylation sites (N-methyl/N-ethyl adjacent to an activating group) is 1. The summed E-state index contributed by atoms with van der Waals surface area (Å²) in [7, 11) is 0. The maximum absolute atomic E-state index is 9.01. The van der Waals surface area contributed by atoms with Crippen LogP contribution in [0.5, 0.6) is 0 Å². The minimum atomic E-state index is 0.217. The van der Waals surface area contributed by atoms with Gasteiger partial charge in [-0.2, -0.15) is 5.10 Å². The largest absolute Gasteiger partial charge is 0.395 e. The zero-order chi connectivity index (χ0) is 12.8. The smallest absolute Gasteiger partial charge is 0.0641 e. The van der Waals surface area contributed by atoms with Crippen molar-refractivity contribution in [1.82, 2.24) is 14.7 Å². The molecule has 1 aromatic heterocycles. The van der Waals surface area contributed by atoms with Crippen molar-refractivity contribution < 1.29 is 5.11 Å². The second kappa shape index (κ2) is 6.77. The first-order chi connectivity index (χ1) is 8.13. The van der Waals surface area contributed by atoms with Gasteiger partial charge in [-0.25, -0.2) is 0 Å². The lowest BCUT2D eigenvalue weighted by molar-refractivity contribution is 0.196. The molecule has 4 heteroatoms. The van der Waals surface area contributed by atoms with Crippen molar-refractivity contribution in [1.29, 1.82) is 0 Å². The molecule has 1 heterocycles. The van der Waals surface area contributed by atoms with Crippen LogP contribution in [0.4, 0.5) is 0 Å². The van der Waals surface area contributed by atoms with E-state index in [0.29, 0.717) is 0 Å². The highest BCUT2D eigenvalue weighted by atomic mass is 16.3. The molecule has 0 aliphatic rings. The van der Waals surface area contributed by atoms with Crippen LogP contribution < -0.4 is 0 Å². The molecule has 0 fully saturated rings. The van der Waals surface area contributed by atoms with Gasteiger partial charge in [-0.3, -0.25) is 9.58 Å². The van der Waals surface area contributed by atoms with Gasteiger partial charge < -0.3 is 5.11 Å². The maximum atomic E-state index is 9.01. The monoisotopic (exact) mass is 239 g/mol. The Bertz CT molecular complexity index is 347. The normalized spacial score (nSPS) is 11.4. The van der Waals surface area contributed by atoms with Crippen LogP contribution in [0.3, 0.4) is 0 Å². The molecule has 0 aliphatic heterocycles. The SMILES string of the molecule is CCCn1nc(C)c(CN(CC)CCO)c1C. The third kappa shape index (κ3) is 3.54. The van der Waals surface area contributed by atoms with E-state index in [2.05, 4.69) is 42.4 Å². The Balaban J connectivity index is 2.82. The molecule has 0 aliphatic carbocycles. The van der Waals surface area contributed by atoms with E-state index >= 15 is 0 Å². The lowest BCUT2D eigenvalue weighted by atomic mass is 10.2. The second-order valence-corrected chi connectivity index (χ2v) is 4.46. The zero-order valence-electron chi connectivity index (χ0n) is 11.5. The molecule has 0 unspecified atom stereocenters. The van der Waals surface area contributed by atoms with Crippen molar-refractivity contribution in [2.75, 3.05) is 19.7 Å². The molecule has 1 aromatic rings. The number of aliphatic hydroxyl groups is 1. The summed E-state index contributed by atoms with van der Waals surface area (Å²) >= 11 is 0. The summed E-state index contributed by atoms with van der Waals surface area (Å²) in [6.07, 6.45) is 1.11. The van der Waals surface area contributed by atoms with E-state index in [1.165, 1.54) is 11.3 Å². The summed E-state index contributed by atoms with van der Waals surface area (Å²) < 4.78 is 2.09. The van der Waals surface area contributed by atoms with Gasteiger partial charge in [-0.05, 0) is 26.8 Å². The van der Waals surface area contributed by atoms with Crippen LogP contribution in [0.1, 0.15) is 37.2 Å². The third-order valence-electron chi connectivity index (χ3n) is 3.21. The minimum Gasteiger partial charge on any atom is -0.395 e. The zero-order valence-corrected chi connectivity index (χ0v) is 11.5. The van der Waals surface area contributed by atoms with Crippen LogP contribution >= 0.6 is 0 Å². The highest BCUT2D eigenvalue weighted by Crippen LogP contribution is 2.15. The number of aromatic nitrogens is 2. The molecule has 0 saturated heterocycles. The van der Waals surface area contributed by atoms with Crippen molar-refractivity contribution in [3.8, 4) is 0 Å². The number of aryl methyl sites for hydroxylation is 2. The number of hydrogen-bond donors (Lipinski definition) is 1. The molecule has 0 radical (unpaired) electrons. The van der Waals surface area contributed by atoms with Crippen LogP contribution in [-0.2, 0) is 13.1 Å². The fourth-order valence-electron chi connectivity index (χ4n) is 2.11. The molecule has 0 saturated carbocycles. The summed E-state index contributed by atoms with van der Waals surface area (Å²) in [5, 5.41) is 13.6. The fraction of sp³-hybridized carbons (Fsp3) is 0.769. The van der Waals surface area contributed by atoms with Crippen LogP contribution in [-0.4, -0.2) is 39.5 Å².